The number of hydrogen-bond donors (Lipinski definition) is 2. The third kappa shape index (κ3) is 3.32. The van der Waals surface area contributed by atoms with Crippen molar-refractivity contribution in [3.63, 3.8) is 0 Å². The number of aromatic amines is 1. The van der Waals surface area contributed by atoms with E-state index < -0.39 is 0 Å². The van der Waals surface area contributed by atoms with Crippen molar-refractivity contribution >= 4 is 28.9 Å². The van der Waals surface area contributed by atoms with Crippen LogP contribution in [0.1, 0.15) is 49.1 Å². The summed E-state index contributed by atoms with van der Waals surface area (Å²) in [6, 6.07) is 5.96. The minimum Gasteiger partial charge on any atom is -0.358 e. The predicted octanol–water partition coefficient (Wildman–Crippen LogP) is 4.27. The molecule has 1 saturated carbocycles. The fourth-order valence-electron chi connectivity index (χ4n) is 3.89. The molecule has 9 nitrogen and oxygen atoms in total. The van der Waals surface area contributed by atoms with Crippen molar-refractivity contribution in [1.29, 1.82) is 0 Å². The van der Waals surface area contributed by atoms with Crippen molar-refractivity contribution < 1.29 is 4.52 Å². The average molecular weight is 421 g/mol. The first-order chi connectivity index (χ1) is 14.8. The van der Waals surface area contributed by atoms with Gasteiger partial charge >= 0.3 is 0 Å². The van der Waals surface area contributed by atoms with Crippen molar-refractivity contribution in [1.82, 2.24) is 30.3 Å². The van der Waals surface area contributed by atoms with Crippen LogP contribution in [0.4, 0.5) is 17.6 Å². The van der Waals surface area contributed by atoms with Crippen LogP contribution in [0.5, 0.6) is 0 Å². The summed E-state index contributed by atoms with van der Waals surface area (Å²) >= 11 is 1.55. The van der Waals surface area contributed by atoms with Gasteiger partial charge in [-0.3, -0.25) is 5.10 Å². The van der Waals surface area contributed by atoms with Gasteiger partial charge in [-0.25, -0.2) is 9.97 Å². The molecular formula is C20H20N8OS. The molecule has 2 fully saturated rings. The van der Waals surface area contributed by atoms with Gasteiger partial charge in [-0.2, -0.15) is 10.1 Å². The van der Waals surface area contributed by atoms with E-state index in [2.05, 4.69) is 41.6 Å². The highest BCUT2D eigenvalue weighted by Gasteiger charge is 2.32. The molecule has 152 valence electrons. The second kappa shape index (κ2) is 7.21. The average Bonchev–Trinajstić information content (AvgIpc) is 3.28. The smallest absolute Gasteiger partial charge is 0.227 e. The minimum atomic E-state index is 0.0633. The number of H-pyrrole nitrogens is 1. The first kappa shape index (κ1) is 17.6. The van der Waals surface area contributed by atoms with Crippen molar-refractivity contribution in [2.75, 3.05) is 16.8 Å². The molecule has 1 aliphatic heterocycles. The predicted molar refractivity (Wildman–Crippen MR) is 113 cm³/mol. The number of nitrogens with zero attached hydrogens (tertiary/aromatic N) is 6. The van der Waals surface area contributed by atoms with E-state index in [1.54, 1.807) is 23.7 Å². The van der Waals surface area contributed by atoms with Crippen LogP contribution in [0.2, 0.25) is 0 Å². The van der Waals surface area contributed by atoms with Gasteiger partial charge in [0.25, 0.3) is 0 Å². The Morgan fingerprint density at radius 1 is 1.13 bits per heavy atom. The molecule has 0 bridgehead atoms. The molecule has 0 radical (unpaired) electrons. The number of nitrogens with one attached hydrogen (secondary N) is 2. The molecule has 10 heteroatoms. The monoisotopic (exact) mass is 420 g/mol. The molecule has 0 spiro atoms. The number of rotatable bonds is 6. The molecule has 1 aliphatic carbocycles. The van der Waals surface area contributed by atoms with Gasteiger partial charge in [0.2, 0.25) is 5.95 Å². The van der Waals surface area contributed by atoms with Crippen LogP contribution in [0.3, 0.4) is 0 Å². The Balaban J connectivity index is 1.22. The van der Waals surface area contributed by atoms with Crippen molar-refractivity contribution in [3.05, 3.63) is 47.4 Å². The van der Waals surface area contributed by atoms with Crippen molar-refractivity contribution in [3.8, 4) is 10.7 Å². The van der Waals surface area contributed by atoms with E-state index in [0.717, 1.165) is 47.5 Å². The van der Waals surface area contributed by atoms with E-state index in [0.29, 0.717) is 11.9 Å². The Labute approximate surface area is 176 Å². The summed E-state index contributed by atoms with van der Waals surface area (Å²) in [6.07, 6.45) is 8.04. The minimum absolute atomic E-state index is 0.0633. The van der Waals surface area contributed by atoms with Gasteiger partial charge in [-0.1, -0.05) is 5.16 Å². The lowest BCUT2D eigenvalue weighted by Gasteiger charge is -2.22. The molecule has 4 aromatic rings. The summed E-state index contributed by atoms with van der Waals surface area (Å²) in [7, 11) is 0. The largest absolute Gasteiger partial charge is 0.358 e. The zero-order valence-electron chi connectivity index (χ0n) is 16.2. The van der Waals surface area contributed by atoms with Gasteiger partial charge in [0.1, 0.15) is 16.5 Å². The summed E-state index contributed by atoms with van der Waals surface area (Å²) in [6.45, 7) is 0.871. The molecule has 6 rings (SSSR count). The maximum Gasteiger partial charge on any atom is 0.227 e. The van der Waals surface area contributed by atoms with E-state index in [1.165, 1.54) is 18.5 Å². The maximum absolute atomic E-state index is 5.67. The van der Waals surface area contributed by atoms with E-state index in [4.69, 9.17) is 9.51 Å². The van der Waals surface area contributed by atoms with Crippen molar-refractivity contribution in [2.45, 2.75) is 37.6 Å². The number of aromatic nitrogens is 6. The van der Waals surface area contributed by atoms with Crippen molar-refractivity contribution in [2.24, 2.45) is 0 Å². The van der Waals surface area contributed by atoms with Crippen LogP contribution in [-0.4, -0.2) is 36.9 Å². The molecule has 2 N–H and O–H groups in total. The molecule has 0 aromatic carbocycles. The molecule has 1 atom stereocenters. The Morgan fingerprint density at radius 3 is 2.97 bits per heavy atom. The van der Waals surface area contributed by atoms with Gasteiger partial charge in [0.05, 0.1) is 6.04 Å². The standard InChI is InChI=1S/C20H20N8OS/c1-2-15(16-10-14(27-29-16)19-21-7-9-30-19)28(8-1)20-22-6-5-17(24-20)23-18-11-13(25-26-18)12-3-4-12/h5-7,9-12,15H,1-4,8H2,(H2,22,23,24,25,26)/t15-/m0/s1. The van der Waals surface area contributed by atoms with Crippen LogP contribution in [0.15, 0.2) is 40.5 Å². The molecule has 0 amide bonds. The SMILES string of the molecule is c1cc(Nc2cc(C3CC3)[nH]n2)nc(N2CCC[C@H]2c2cc(-c3nccs3)no2)n1. The highest BCUT2D eigenvalue weighted by Crippen LogP contribution is 2.40. The molecule has 4 aromatic heterocycles. The van der Waals surface area contributed by atoms with E-state index >= 15 is 0 Å². The third-order valence-corrected chi connectivity index (χ3v) is 6.33. The summed E-state index contributed by atoms with van der Waals surface area (Å²) in [5, 5.41) is 17.8. The van der Waals surface area contributed by atoms with Crippen LogP contribution in [-0.2, 0) is 0 Å². The second-order valence-corrected chi connectivity index (χ2v) is 8.55. The molecular weight excluding hydrogens is 400 g/mol. The van der Waals surface area contributed by atoms with Gasteiger partial charge in [0, 0.05) is 48.1 Å². The van der Waals surface area contributed by atoms with Crippen LogP contribution < -0.4 is 10.2 Å². The third-order valence-electron chi connectivity index (χ3n) is 5.53. The van der Waals surface area contributed by atoms with E-state index in [1.807, 2.05) is 17.5 Å². The van der Waals surface area contributed by atoms with Crippen LogP contribution in [0.25, 0.3) is 10.7 Å². The summed E-state index contributed by atoms with van der Waals surface area (Å²) < 4.78 is 5.67. The first-order valence-electron chi connectivity index (χ1n) is 10.1. The fraction of sp³-hybridized carbons (Fsp3) is 0.350. The summed E-state index contributed by atoms with van der Waals surface area (Å²) in [5.74, 6) is 3.63. The summed E-state index contributed by atoms with van der Waals surface area (Å²) in [4.78, 5) is 15.7. The second-order valence-electron chi connectivity index (χ2n) is 7.65. The number of anilines is 3. The van der Waals surface area contributed by atoms with E-state index in [-0.39, 0.29) is 6.04 Å². The highest BCUT2D eigenvalue weighted by molar-refractivity contribution is 7.13. The Hall–Kier alpha value is -3.27. The van der Waals surface area contributed by atoms with Gasteiger partial charge < -0.3 is 14.7 Å². The molecule has 5 heterocycles. The topological polar surface area (TPSA) is 109 Å². The molecule has 0 unspecified atom stereocenters. The lowest BCUT2D eigenvalue weighted by Crippen LogP contribution is -2.24. The zero-order valence-corrected chi connectivity index (χ0v) is 17.0. The number of hydrogen-bond acceptors (Lipinski definition) is 9. The lowest BCUT2D eigenvalue weighted by molar-refractivity contribution is 0.362. The molecule has 30 heavy (non-hydrogen) atoms. The molecule has 1 saturated heterocycles. The fourth-order valence-corrected chi connectivity index (χ4v) is 4.48. The Kier molecular flexibility index (Phi) is 4.22. The number of thiazole rings is 1. The summed E-state index contributed by atoms with van der Waals surface area (Å²) in [5.41, 5.74) is 1.96. The lowest BCUT2D eigenvalue weighted by atomic mass is 10.1. The maximum atomic E-state index is 5.67. The zero-order chi connectivity index (χ0) is 19.9. The van der Waals surface area contributed by atoms with Crippen LogP contribution >= 0.6 is 11.3 Å². The Bertz CT molecular complexity index is 1150. The van der Waals surface area contributed by atoms with Gasteiger partial charge in [-0.15, -0.1) is 11.3 Å². The Morgan fingerprint density at radius 2 is 2.10 bits per heavy atom. The quantitative estimate of drug-likeness (QED) is 0.476. The van der Waals surface area contributed by atoms with Crippen LogP contribution in [0, 0.1) is 0 Å². The van der Waals surface area contributed by atoms with Gasteiger partial charge in [-0.05, 0) is 31.7 Å². The molecule has 2 aliphatic rings. The normalized spacial score (nSPS) is 18.8. The first-order valence-corrected chi connectivity index (χ1v) is 11.0. The van der Waals surface area contributed by atoms with E-state index in [9.17, 15) is 0 Å². The van der Waals surface area contributed by atoms with Gasteiger partial charge in [0.15, 0.2) is 11.6 Å². The highest BCUT2D eigenvalue weighted by atomic mass is 32.1.